The first-order valence-corrected chi connectivity index (χ1v) is 18.7. The number of hydrogen-bond acceptors (Lipinski definition) is 7. The number of aldehydes is 1. The van der Waals surface area contributed by atoms with E-state index in [1.165, 1.54) is 0 Å². The summed E-state index contributed by atoms with van der Waals surface area (Å²) >= 11 is 0. The van der Waals surface area contributed by atoms with Crippen molar-refractivity contribution in [2.24, 2.45) is 0 Å². The maximum absolute atomic E-state index is 11.4. The number of carbonyl (C=O) groups excluding carboxylic acids is 2. The Bertz CT molecular complexity index is 1640. The van der Waals surface area contributed by atoms with Crippen LogP contribution in [-0.4, -0.2) is 36.5 Å². The molecule has 0 heterocycles. The summed E-state index contributed by atoms with van der Waals surface area (Å²) < 4.78 is 31.5. The van der Waals surface area contributed by atoms with Gasteiger partial charge < -0.3 is 38.9 Å². The second-order valence-corrected chi connectivity index (χ2v) is 10.8. The summed E-state index contributed by atoms with van der Waals surface area (Å²) in [5.74, 6) is 3.33. The van der Waals surface area contributed by atoms with Crippen molar-refractivity contribution in [3.63, 3.8) is 0 Å². The average molecular weight is 941 g/mol. The molecule has 0 aliphatic heterocycles. The van der Waals surface area contributed by atoms with Crippen LogP contribution in [0.3, 0.4) is 0 Å². The maximum atomic E-state index is 11.4. The van der Waals surface area contributed by atoms with Crippen LogP contribution in [-0.2, 0) is 97.0 Å². The molecule has 4 aromatic carbocycles. The molecule has 2 radical (unpaired) electrons. The van der Waals surface area contributed by atoms with Crippen molar-refractivity contribution in [3.8, 4) is 23.8 Å². The fraction of sp³-hybridized carbons (Fsp3) is 0.295. The Hall–Kier alpha value is -2.88. The smallest absolute Gasteiger partial charge is 0.446 e. The van der Waals surface area contributed by atoms with Crippen molar-refractivity contribution >= 4 is 25.1 Å². The third-order valence-electron chi connectivity index (χ3n) is 5.71. The van der Waals surface area contributed by atoms with Crippen molar-refractivity contribution in [3.05, 3.63) is 152 Å². The Morgan fingerprint density at radius 3 is 1.38 bits per heavy atom. The van der Waals surface area contributed by atoms with Crippen LogP contribution in [0, 0.1) is 27.2 Å². The van der Waals surface area contributed by atoms with E-state index in [9.17, 15) is 14.2 Å². The van der Waals surface area contributed by atoms with Crippen molar-refractivity contribution in [1.29, 1.82) is 0 Å². The first-order chi connectivity index (χ1) is 25.3. The molecule has 304 valence electrons. The number of para-hydroxylation sites is 2. The first-order valence-electron chi connectivity index (χ1n) is 17.2. The third kappa shape index (κ3) is 28.5. The molecule has 0 saturated heterocycles. The number of ether oxygens (including phenoxy) is 2. The second-order valence-electron chi connectivity index (χ2n) is 8.69. The number of benzene rings is 4. The summed E-state index contributed by atoms with van der Waals surface area (Å²) in [5.41, 5.74) is 11.3. The van der Waals surface area contributed by atoms with Crippen LogP contribution in [0.5, 0.6) is 11.5 Å². The van der Waals surface area contributed by atoms with Crippen molar-refractivity contribution in [2.75, 3.05) is 14.2 Å². The van der Waals surface area contributed by atoms with Crippen LogP contribution >= 0.6 is 7.60 Å². The van der Waals surface area contributed by atoms with Gasteiger partial charge in [0.1, 0.15) is 24.7 Å². The van der Waals surface area contributed by atoms with Gasteiger partial charge in [0.15, 0.2) is 6.29 Å². The Morgan fingerprint density at radius 1 is 0.679 bits per heavy atom. The van der Waals surface area contributed by atoms with Crippen LogP contribution in [0.4, 0.5) is 0 Å². The van der Waals surface area contributed by atoms with Gasteiger partial charge in [0, 0.05) is 86.6 Å². The van der Waals surface area contributed by atoms with Gasteiger partial charge in [-0.3, -0.25) is 9.59 Å². The minimum Gasteiger partial charge on any atom is -0.488 e. The Balaban J connectivity index is -0.000000115. The van der Waals surface area contributed by atoms with E-state index in [0.717, 1.165) is 49.9 Å². The van der Waals surface area contributed by atoms with Crippen molar-refractivity contribution < 1.29 is 103 Å². The summed E-state index contributed by atoms with van der Waals surface area (Å²) in [6.07, 6.45) is 6.20. The molecule has 0 fully saturated rings. The molecular formula is C44H63N2O7PY2-2. The van der Waals surface area contributed by atoms with Crippen molar-refractivity contribution in [1.82, 2.24) is 0 Å². The van der Waals surface area contributed by atoms with Gasteiger partial charge in [-0.15, -0.1) is 6.42 Å². The third-order valence-corrected chi connectivity index (χ3v) is 7.60. The van der Waals surface area contributed by atoms with Crippen LogP contribution in [0.2, 0.25) is 0 Å². The SMILES string of the molecule is C#Cc1ccccc1OCc1ccccc1.CC.CC.CC.CC.COP(=O)(OC)C(=[N+]=[N-])C(C)=O.O=Cc1ccccc1OCc1ccccc1.[CH3-].[CH3-].[Y].[Y]. The van der Waals surface area contributed by atoms with Crippen LogP contribution < -0.4 is 9.47 Å². The molecule has 0 bridgehead atoms. The molecule has 9 nitrogen and oxygen atoms in total. The van der Waals surface area contributed by atoms with Gasteiger partial charge in [-0.25, -0.2) is 4.57 Å². The van der Waals surface area contributed by atoms with E-state index in [1.54, 1.807) is 12.1 Å². The summed E-state index contributed by atoms with van der Waals surface area (Å²) in [6.45, 7) is 18.1. The molecule has 0 atom stereocenters. The second kappa shape index (κ2) is 46.5. The molecular weight excluding hydrogens is 877 g/mol. The van der Waals surface area contributed by atoms with Gasteiger partial charge in [-0.2, -0.15) is 4.79 Å². The monoisotopic (exact) mass is 940 g/mol. The molecule has 56 heavy (non-hydrogen) atoms. The molecule has 0 amide bonds. The molecule has 0 aliphatic rings. The van der Waals surface area contributed by atoms with Gasteiger partial charge in [0.2, 0.25) is 5.78 Å². The maximum Gasteiger partial charge on any atom is 0.446 e. The molecule has 4 rings (SSSR count). The number of ketones is 1. The van der Waals surface area contributed by atoms with E-state index in [-0.39, 0.29) is 80.3 Å². The number of Topliss-reactive ketones (excluding diaryl/α,β-unsaturated/α-hetero) is 1. The van der Waals surface area contributed by atoms with E-state index in [2.05, 4.69) is 19.8 Å². The zero-order chi connectivity index (χ0) is 40.2. The molecule has 0 N–H and O–H groups in total. The standard InChI is InChI=1S/C15H12O.C14H12O2.C5H9N2O4P.4C2H6.2CH3.2Y/c1-2-14-10-6-7-11-15(14)16-12-13-8-4-3-5-9-13;15-10-13-8-4-5-9-14(13)16-11-12-6-2-1-3-7-12;1-4(8)5(7-6)12(9,10-2)11-3;4*1-2;;;;/h1,3-11H,12H2;1-10H,11H2;1-3H3;4*1-2H3;2*1H3;;/q;;;;;;;2*-1;;. The zero-order valence-electron chi connectivity index (χ0n) is 35.8. The number of rotatable bonds is 11. The molecule has 0 spiro atoms. The molecule has 0 unspecified atom stereocenters. The number of carbonyl (C=O) groups is 2. The largest absolute Gasteiger partial charge is 0.488 e. The van der Waals surface area contributed by atoms with E-state index >= 15 is 0 Å². The minimum atomic E-state index is -3.70. The number of terminal acetylenes is 1. The molecule has 0 aromatic heterocycles. The molecule has 12 heteroatoms. The topological polar surface area (TPSA) is 125 Å². The predicted octanol–water partition coefficient (Wildman–Crippen LogP) is 12.0. The molecule has 0 saturated carbocycles. The van der Waals surface area contributed by atoms with Crippen LogP contribution in [0.1, 0.15) is 89.4 Å². The van der Waals surface area contributed by atoms with E-state index < -0.39 is 18.8 Å². The number of hydrogen-bond donors (Lipinski definition) is 0. The summed E-state index contributed by atoms with van der Waals surface area (Å²) in [6, 6.07) is 34.7. The summed E-state index contributed by atoms with van der Waals surface area (Å²) in [4.78, 5) is 24.0. The number of nitrogens with zero attached hydrogens (tertiary/aromatic N) is 2. The summed E-state index contributed by atoms with van der Waals surface area (Å²) in [5, 5.41) is 0. The zero-order valence-corrected chi connectivity index (χ0v) is 42.4. The van der Waals surface area contributed by atoms with Gasteiger partial charge >= 0.3 is 13.0 Å². The van der Waals surface area contributed by atoms with Gasteiger partial charge in [0.05, 0.1) is 11.1 Å². The Kier molecular flexibility index (Phi) is 56.3. The summed E-state index contributed by atoms with van der Waals surface area (Å²) in [7, 11) is -1.51. The van der Waals surface area contributed by atoms with E-state index in [1.807, 2.05) is 152 Å². The molecule has 4 aromatic rings. The normalized spacial score (nSPS) is 8.18. The quantitative estimate of drug-likeness (QED) is 0.0279. The molecule has 0 aliphatic carbocycles. The Labute approximate surface area is 390 Å². The first kappa shape index (κ1) is 67.8. The Morgan fingerprint density at radius 2 is 1.04 bits per heavy atom. The fourth-order valence-electron chi connectivity index (χ4n) is 3.46. The van der Waals surface area contributed by atoms with Crippen LogP contribution in [0.15, 0.2) is 109 Å². The predicted molar refractivity (Wildman–Crippen MR) is 227 cm³/mol. The van der Waals surface area contributed by atoms with Crippen LogP contribution in [0.25, 0.3) is 5.53 Å². The van der Waals surface area contributed by atoms with Crippen molar-refractivity contribution in [2.45, 2.75) is 75.5 Å². The van der Waals surface area contributed by atoms with Gasteiger partial charge in [-0.05, 0) is 35.4 Å². The van der Waals surface area contributed by atoms with Gasteiger partial charge in [0.25, 0.3) is 0 Å². The van der Waals surface area contributed by atoms with E-state index in [4.69, 9.17) is 21.4 Å². The minimum absolute atomic E-state index is 0. The van der Waals surface area contributed by atoms with E-state index in [0.29, 0.717) is 24.5 Å². The average Bonchev–Trinajstić information content (AvgIpc) is 3.23. The van der Waals surface area contributed by atoms with Gasteiger partial charge in [-0.1, -0.05) is 146 Å². The fourth-order valence-corrected chi connectivity index (χ4v) is 4.45.